The predicted molar refractivity (Wildman–Crippen MR) is 108 cm³/mol. The van der Waals surface area contributed by atoms with Gasteiger partial charge in [0.1, 0.15) is 0 Å². The maximum Gasteiger partial charge on any atom is 0.416 e. The second-order valence-electron chi connectivity index (χ2n) is 6.29. The number of carbonyl (C=O) groups is 1. The van der Waals surface area contributed by atoms with Gasteiger partial charge in [0.2, 0.25) is 5.91 Å². The molecule has 0 aliphatic heterocycles. The van der Waals surface area contributed by atoms with E-state index in [1.807, 2.05) is 13.8 Å². The van der Waals surface area contributed by atoms with E-state index in [9.17, 15) is 18.0 Å². The van der Waals surface area contributed by atoms with E-state index < -0.39 is 11.7 Å². The predicted octanol–water partition coefficient (Wildman–Crippen LogP) is 4.31. The number of rotatable bonds is 7. The molecule has 0 radical (unpaired) electrons. The van der Waals surface area contributed by atoms with Crippen molar-refractivity contribution in [1.29, 1.82) is 0 Å². The van der Waals surface area contributed by atoms with Crippen LogP contribution in [0.5, 0.6) is 0 Å². The third-order valence-electron chi connectivity index (χ3n) is 4.43. The summed E-state index contributed by atoms with van der Waals surface area (Å²) in [5.74, 6) is 0.373. The third-order valence-corrected chi connectivity index (χ3v) is 5.34. The minimum absolute atomic E-state index is 0.0773. The van der Waals surface area contributed by atoms with Gasteiger partial charge >= 0.3 is 6.18 Å². The van der Waals surface area contributed by atoms with E-state index in [1.165, 1.54) is 10.6 Å². The van der Waals surface area contributed by atoms with Gasteiger partial charge in [-0.05, 0) is 44.2 Å². The zero-order valence-electron chi connectivity index (χ0n) is 16.4. The van der Waals surface area contributed by atoms with E-state index >= 15 is 0 Å². The zero-order chi connectivity index (χ0) is 21.7. The van der Waals surface area contributed by atoms with Crippen LogP contribution in [-0.2, 0) is 11.0 Å². The van der Waals surface area contributed by atoms with Crippen LogP contribution in [0.1, 0.15) is 19.4 Å². The normalized spacial score (nSPS) is 11.5. The standard InChI is InChI=1S/C20H20F3N5OS/c1-3-27(4-2)17(29)13-30-19-26-25-18(14-7-6-10-24-12-14)28(19)16-9-5-8-15(11-16)20(21,22)23/h5-12H,3-4,13H2,1-2H3. The van der Waals surface area contributed by atoms with Gasteiger partial charge in [0, 0.05) is 31.0 Å². The van der Waals surface area contributed by atoms with Crippen LogP contribution >= 0.6 is 11.8 Å². The fraction of sp³-hybridized carbons (Fsp3) is 0.300. The summed E-state index contributed by atoms with van der Waals surface area (Å²) in [6.07, 6.45) is -1.33. The molecule has 3 rings (SSSR count). The van der Waals surface area contributed by atoms with Crippen LogP contribution in [0, 0.1) is 0 Å². The molecule has 30 heavy (non-hydrogen) atoms. The maximum absolute atomic E-state index is 13.2. The van der Waals surface area contributed by atoms with Crippen molar-refractivity contribution >= 4 is 17.7 Å². The SMILES string of the molecule is CCN(CC)C(=O)CSc1nnc(-c2cccnc2)n1-c1cccc(C(F)(F)F)c1. The summed E-state index contributed by atoms with van der Waals surface area (Å²) in [6, 6.07) is 8.39. The number of nitrogens with zero attached hydrogens (tertiary/aromatic N) is 5. The van der Waals surface area contributed by atoms with Gasteiger partial charge < -0.3 is 4.90 Å². The first kappa shape index (κ1) is 21.8. The van der Waals surface area contributed by atoms with Crippen molar-refractivity contribution < 1.29 is 18.0 Å². The molecule has 1 aromatic carbocycles. The molecule has 0 N–H and O–H groups in total. The number of hydrogen-bond acceptors (Lipinski definition) is 5. The highest BCUT2D eigenvalue weighted by molar-refractivity contribution is 7.99. The number of pyridine rings is 1. The van der Waals surface area contributed by atoms with Gasteiger partial charge in [-0.25, -0.2) is 0 Å². The van der Waals surface area contributed by atoms with Crippen LogP contribution in [0.3, 0.4) is 0 Å². The molecule has 0 atom stereocenters. The Bertz CT molecular complexity index is 1000. The van der Waals surface area contributed by atoms with Crippen LogP contribution in [-0.4, -0.2) is 49.4 Å². The lowest BCUT2D eigenvalue weighted by atomic mass is 10.2. The summed E-state index contributed by atoms with van der Waals surface area (Å²) in [6.45, 7) is 4.93. The van der Waals surface area contributed by atoms with E-state index in [4.69, 9.17) is 0 Å². The summed E-state index contributed by atoms with van der Waals surface area (Å²) in [5.41, 5.74) is 0.0804. The fourth-order valence-corrected chi connectivity index (χ4v) is 3.75. The molecule has 0 saturated heterocycles. The van der Waals surface area contributed by atoms with E-state index in [1.54, 1.807) is 35.5 Å². The molecule has 158 valence electrons. The van der Waals surface area contributed by atoms with Crippen LogP contribution < -0.4 is 0 Å². The Hall–Kier alpha value is -2.88. The van der Waals surface area contributed by atoms with Gasteiger partial charge in [-0.2, -0.15) is 13.2 Å². The van der Waals surface area contributed by atoms with E-state index in [0.717, 1.165) is 23.9 Å². The average Bonchev–Trinajstić information content (AvgIpc) is 3.17. The smallest absolute Gasteiger partial charge is 0.343 e. The van der Waals surface area contributed by atoms with Crippen LogP contribution in [0.4, 0.5) is 13.2 Å². The minimum atomic E-state index is -4.48. The Balaban J connectivity index is 2.03. The summed E-state index contributed by atoms with van der Waals surface area (Å²) < 4.78 is 41.3. The highest BCUT2D eigenvalue weighted by atomic mass is 32.2. The number of aromatic nitrogens is 4. The molecular weight excluding hydrogens is 415 g/mol. The highest BCUT2D eigenvalue weighted by Gasteiger charge is 2.31. The molecule has 0 saturated carbocycles. The second-order valence-corrected chi connectivity index (χ2v) is 7.23. The Kier molecular flexibility index (Phi) is 6.76. The van der Waals surface area contributed by atoms with Crippen molar-refractivity contribution in [2.75, 3.05) is 18.8 Å². The molecule has 0 unspecified atom stereocenters. The lowest BCUT2D eigenvalue weighted by molar-refractivity contribution is -0.137. The van der Waals surface area contributed by atoms with E-state index in [0.29, 0.717) is 29.6 Å². The molecule has 2 heterocycles. The number of thioether (sulfide) groups is 1. The lowest BCUT2D eigenvalue weighted by Crippen LogP contribution is -2.31. The number of halogens is 3. The second kappa shape index (κ2) is 9.29. The number of benzene rings is 1. The Morgan fingerprint density at radius 3 is 2.53 bits per heavy atom. The summed E-state index contributed by atoms with van der Waals surface area (Å²) >= 11 is 1.13. The van der Waals surface area contributed by atoms with Crippen molar-refractivity contribution in [3.8, 4) is 17.1 Å². The Morgan fingerprint density at radius 1 is 1.13 bits per heavy atom. The summed E-state index contributed by atoms with van der Waals surface area (Å²) in [4.78, 5) is 18.1. The van der Waals surface area contributed by atoms with Crippen LogP contribution in [0.15, 0.2) is 53.9 Å². The fourth-order valence-electron chi connectivity index (χ4n) is 2.89. The van der Waals surface area contributed by atoms with Crippen molar-refractivity contribution in [2.45, 2.75) is 25.2 Å². The van der Waals surface area contributed by atoms with E-state index in [-0.39, 0.29) is 17.3 Å². The molecule has 10 heteroatoms. The quantitative estimate of drug-likeness (QED) is 0.518. The van der Waals surface area contributed by atoms with Gasteiger partial charge in [0.25, 0.3) is 0 Å². The summed E-state index contributed by atoms with van der Waals surface area (Å²) in [5, 5.41) is 8.63. The number of carbonyl (C=O) groups excluding carboxylic acids is 1. The molecule has 6 nitrogen and oxygen atoms in total. The molecule has 2 aromatic heterocycles. The summed E-state index contributed by atoms with van der Waals surface area (Å²) in [7, 11) is 0. The molecule has 3 aromatic rings. The van der Waals surface area contributed by atoms with Crippen molar-refractivity contribution in [2.24, 2.45) is 0 Å². The molecule has 0 bridgehead atoms. The monoisotopic (exact) mass is 435 g/mol. The maximum atomic E-state index is 13.2. The lowest BCUT2D eigenvalue weighted by Gasteiger charge is -2.18. The van der Waals surface area contributed by atoms with Crippen LogP contribution in [0.25, 0.3) is 17.1 Å². The molecule has 1 amide bonds. The van der Waals surface area contributed by atoms with Crippen molar-refractivity contribution in [3.63, 3.8) is 0 Å². The first-order valence-electron chi connectivity index (χ1n) is 9.29. The van der Waals surface area contributed by atoms with Gasteiger partial charge in [0.05, 0.1) is 17.0 Å². The first-order valence-corrected chi connectivity index (χ1v) is 10.3. The average molecular weight is 435 g/mol. The van der Waals surface area contributed by atoms with Crippen molar-refractivity contribution in [3.05, 3.63) is 54.4 Å². The largest absolute Gasteiger partial charge is 0.416 e. The Morgan fingerprint density at radius 2 is 1.90 bits per heavy atom. The van der Waals surface area contributed by atoms with E-state index in [2.05, 4.69) is 15.2 Å². The minimum Gasteiger partial charge on any atom is -0.343 e. The first-order chi connectivity index (χ1) is 14.3. The van der Waals surface area contributed by atoms with Gasteiger partial charge in [-0.3, -0.25) is 14.3 Å². The number of alkyl halides is 3. The molecule has 0 spiro atoms. The topological polar surface area (TPSA) is 63.9 Å². The van der Waals surface area contributed by atoms with Gasteiger partial charge in [0.15, 0.2) is 11.0 Å². The van der Waals surface area contributed by atoms with Crippen LogP contribution in [0.2, 0.25) is 0 Å². The molecule has 0 aliphatic rings. The molecule has 0 aliphatic carbocycles. The number of hydrogen-bond donors (Lipinski definition) is 0. The molecular formula is C20H20F3N5OS. The van der Waals surface area contributed by atoms with Gasteiger partial charge in [-0.15, -0.1) is 10.2 Å². The Labute approximate surface area is 176 Å². The highest BCUT2D eigenvalue weighted by Crippen LogP contribution is 2.33. The molecule has 0 fully saturated rings. The van der Waals surface area contributed by atoms with Crippen molar-refractivity contribution in [1.82, 2.24) is 24.6 Å². The third kappa shape index (κ3) is 4.81. The number of amides is 1. The van der Waals surface area contributed by atoms with Gasteiger partial charge in [-0.1, -0.05) is 17.8 Å². The zero-order valence-corrected chi connectivity index (χ0v) is 17.2.